The van der Waals surface area contributed by atoms with E-state index >= 15 is 0 Å². The lowest BCUT2D eigenvalue weighted by molar-refractivity contribution is 0.0685. The van der Waals surface area contributed by atoms with Crippen LogP contribution in [0.3, 0.4) is 0 Å². The standard InChI is InChI=1S/C12H11NO2/c14-12(15)10-7-9-4-1-3-8-5-2-6-13(10)11(8)9/h1,3-4,7H,2,5-6H2,(H,14,15). The van der Waals surface area contributed by atoms with E-state index < -0.39 is 5.97 Å². The molecule has 0 amide bonds. The van der Waals surface area contributed by atoms with E-state index in [0.717, 1.165) is 30.3 Å². The number of carboxylic acid groups (broad SMARTS) is 1. The third kappa shape index (κ3) is 1.09. The number of carboxylic acids is 1. The Morgan fingerprint density at radius 2 is 2.27 bits per heavy atom. The zero-order valence-corrected chi connectivity index (χ0v) is 8.23. The number of nitrogens with zero attached hydrogens (tertiary/aromatic N) is 1. The molecule has 1 aromatic heterocycles. The van der Waals surface area contributed by atoms with Crippen molar-refractivity contribution in [3.05, 3.63) is 35.5 Å². The van der Waals surface area contributed by atoms with Crippen LogP contribution in [-0.2, 0) is 13.0 Å². The number of hydrogen-bond acceptors (Lipinski definition) is 1. The summed E-state index contributed by atoms with van der Waals surface area (Å²) in [7, 11) is 0. The number of aromatic carboxylic acids is 1. The summed E-state index contributed by atoms with van der Waals surface area (Å²) in [4.78, 5) is 11.1. The molecule has 15 heavy (non-hydrogen) atoms. The minimum atomic E-state index is -0.834. The van der Waals surface area contributed by atoms with Crippen LogP contribution in [0.25, 0.3) is 10.9 Å². The first-order valence-electron chi connectivity index (χ1n) is 5.12. The maximum Gasteiger partial charge on any atom is 0.352 e. The van der Waals surface area contributed by atoms with E-state index in [2.05, 4.69) is 6.07 Å². The minimum absolute atomic E-state index is 0.414. The fourth-order valence-electron chi connectivity index (χ4n) is 2.44. The van der Waals surface area contributed by atoms with E-state index in [1.165, 1.54) is 5.56 Å². The topological polar surface area (TPSA) is 42.2 Å². The average molecular weight is 201 g/mol. The number of rotatable bonds is 1. The highest BCUT2D eigenvalue weighted by molar-refractivity contribution is 5.96. The molecule has 0 saturated carbocycles. The number of benzene rings is 1. The van der Waals surface area contributed by atoms with E-state index in [1.807, 2.05) is 16.7 Å². The summed E-state index contributed by atoms with van der Waals surface area (Å²) in [5.74, 6) is -0.834. The molecule has 2 heterocycles. The van der Waals surface area contributed by atoms with E-state index in [1.54, 1.807) is 6.07 Å². The van der Waals surface area contributed by atoms with Crippen molar-refractivity contribution in [1.29, 1.82) is 0 Å². The smallest absolute Gasteiger partial charge is 0.352 e. The van der Waals surface area contributed by atoms with Crippen LogP contribution < -0.4 is 0 Å². The van der Waals surface area contributed by atoms with Crippen molar-refractivity contribution in [3.63, 3.8) is 0 Å². The molecule has 1 aliphatic heterocycles. The molecule has 1 N–H and O–H groups in total. The molecule has 3 nitrogen and oxygen atoms in total. The summed E-state index contributed by atoms with van der Waals surface area (Å²) in [5, 5.41) is 10.1. The van der Waals surface area contributed by atoms with Gasteiger partial charge in [0.25, 0.3) is 0 Å². The number of carbonyl (C=O) groups is 1. The highest BCUT2D eigenvalue weighted by Gasteiger charge is 2.19. The molecule has 76 valence electrons. The fourth-order valence-corrected chi connectivity index (χ4v) is 2.44. The summed E-state index contributed by atoms with van der Waals surface area (Å²) in [6.07, 6.45) is 2.08. The van der Waals surface area contributed by atoms with Crippen molar-refractivity contribution in [1.82, 2.24) is 4.57 Å². The van der Waals surface area contributed by atoms with Crippen LogP contribution in [0, 0.1) is 0 Å². The van der Waals surface area contributed by atoms with Gasteiger partial charge in [-0.15, -0.1) is 0 Å². The van der Waals surface area contributed by atoms with Gasteiger partial charge in [0.15, 0.2) is 0 Å². The van der Waals surface area contributed by atoms with Gasteiger partial charge in [-0.2, -0.15) is 0 Å². The number of aromatic nitrogens is 1. The Morgan fingerprint density at radius 1 is 1.40 bits per heavy atom. The van der Waals surface area contributed by atoms with Crippen molar-refractivity contribution >= 4 is 16.9 Å². The largest absolute Gasteiger partial charge is 0.477 e. The second-order valence-electron chi connectivity index (χ2n) is 3.94. The number of hydrogen-bond donors (Lipinski definition) is 1. The van der Waals surface area contributed by atoms with E-state index in [9.17, 15) is 4.79 Å². The SMILES string of the molecule is O=C(O)c1cc2cccc3c2n1CCC3. The average Bonchev–Trinajstić information content (AvgIpc) is 2.61. The molecule has 0 aliphatic carbocycles. The molecule has 2 aromatic rings. The fraction of sp³-hybridized carbons (Fsp3) is 0.250. The summed E-state index contributed by atoms with van der Waals surface area (Å²) < 4.78 is 1.93. The molecule has 0 unspecified atom stereocenters. The predicted octanol–water partition coefficient (Wildman–Crippen LogP) is 2.29. The van der Waals surface area contributed by atoms with Gasteiger partial charge in [0.2, 0.25) is 0 Å². The first-order chi connectivity index (χ1) is 7.27. The van der Waals surface area contributed by atoms with Crippen molar-refractivity contribution in [2.24, 2.45) is 0 Å². The van der Waals surface area contributed by atoms with Gasteiger partial charge in [-0.25, -0.2) is 4.79 Å². The predicted molar refractivity (Wildman–Crippen MR) is 57.2 cm³/mol. The van der Waals surface area contributed by atoms with Gasteiger partial charge in [-0.1, -0.05) is 18.2 Å². The quantitative estimate of drug-likeness (QED) is 0.769. The van der Waals surface area contributed by atoms with Crippen LogP contribution in [-0.4, -0.2) is 15.6 Å². The van der Waals surface area contributed by atoms with Gasteiger partial charge >= 0.3 is 5.97 Å². The second-order valence-corrected chi connectivity index (χ2v) is 3.94. The van der Waals surface area contributed by atoms with Gasteiger partial charge in [-0.3, -0.25) is 0 Å². The van der Waals surface area contributed by atoms with Gasteiger partial charge in [-0.05, 0) is 24.5 Å². The molecule has 0 atom stereocenters. The normalized spacial score (nSPS) is 14.4. The monoisotopic (exact) mass is 201 g/mol. The molecule has 0 radical (unpaired) electrons. The van der Waals surface area contributed by atoms with Crippen molar-refractivity contribution in [2.75, 3.05) is 0 Å². The maximum atomic E-state index is 11.1. The maximum absolute atomic E-state index is 11.1. The molecular formula is C12H11NO2. The lowest BCUT2D eigenvalue weighted by Crippen LogP contribution is -2.13. The Morgan fingerprint density at radius 3 is 3.07 bits per heavy atom. The molecule has 3 rings (SSSR count). The molecule has 0 saturated heterocycles. The molecule has 0 fully saturated rings. The molecule has 0 spiro atoms. The third-order valence-electron chi connectivity index (χ3n) is 3.05. The van der Waals surface area contributed by atoms with Gasteiger partial charge in [0, 0.05) is 11.9 Å². The van der Waals surface area contributed by atoms with E-state index in [-0.39, 0.29) is 0 Å². The van der Waals surface area contributed by atoms with E-state index in [0.29, 0.717) is 5.69 Å². The summed E-state index contributed by atoms with van der Waals surface area (Å²) >= 11 is 0. The first kappa shape index (κ1) is 8.53. The Kier molecular flexibility index (Phi) is 1.63. The van der Waals surface area contributed by atoms with Crippen molar-refractivity contribution in [2.45, 2.75) is 19.4 Å². The molecule has 1 aliphatic rings. The highest BCUT2D eigenvalue weighted by atomic mass is 16.4. The van der Waals surface area contributed by atoms with Crippen LogP contribution in [0.1, 0.15) is 22.5 Å². The van der Waals surface area contributed by atoms with Gasteiger partial charge in [0.1, 0.15) is 5.69 Å². The Hall–Kier alpha value is -1.77. The van der Waals surface area contributed by atoms with Crippen LogP contribution in [0.2, 0.25) is 0 Å². The summed E-state index contributed by atoms with van der Waals surface area (Å²) in [6.45, 7) is 0.822. The molecular weight excluding hydrogens is 190 g/mol. The second kappa shape index (κ2) is 2.86. The van der Waals surface area contributed by atoms with Crippen LogP contribution in [0.4, 0.5) is 0 Å². The number of aryl methyl sites for hydroxylation is 2. The zero-order valence-electron chi connectivity index (χ0n) is 8.23. The lowest BCUT2D eigenvalue weighted by atomic mass is 10.0. The minimum Gasteiger partial charge on any atom is -0.477 e. The summed E-state index contributed by atoms with van der Waals surface area (Å²) in [5.41, 5.74) is 2.80. The highest BCUT2D eigenvalue weighted by Crippen LogP contribution is 2.28. The van der Waals surface area contributed by atoms with Crippen LogP contribution in [0.15, 0.2) is 24.3 Å². The first-order valence-corrected chi connectivity index (χ1v) is 5.12. The van der Waals surface area contributed by atoms with Crippen LogP contribution >= 0.6 is 0 Å². The summed E-state index contributed by atoms with van der Waals surface area (Å²) in [6, 6.07) is 7.84. The lowest BCUT2D eigenvalue weighted by Gasteiger charge is -2.16. The molecule has 3 heteroatoms. The molecule has 1 aromatic carbocycles. The number of para-hydroxylation sites is 1. The Bertz CT molecular complexity index is 554. The van der Waals surface area contributed by atoms with Gasteiger partial charge < -0.3 is 9.67 Å². The molecule has 0 bridgehead atoms. The Labute approximate surface area is 86.9 Å². The van der Waals surface area contributed by atoms with E-state index in [4.69, 9.17) is 5.11 Å². The Balaban J connectivity index is 2.43. The van der Waals surface area contributed by atoms with Crippen LogP contribution in [0.5, 0.6) is 0 Å². The third-order valence-corrected chi connectivity index (χ3v) is 3.05. The van der Waals surface area contributed by atoms with Crippen molar-refractivity contribution in [3.8, 4) is 0 Å². The van der Waals surface area contributed by atoms with Gasteiger partial charge in [0.05, 0.1) is 5.52 Å². The zero-order chi connectivity index (χ0) is 10.4. The van der Waals surface area contributed by atoms with Crippen molar-refractivity contribution < 1.29 is 9.90 Å².